The van der Waals surface area contributed by atoms with Gasteiger partial charge in [0.15, 0.2) is 5.96 Å². The zero-order valence-corrected chi connectivity index (χ0v) is 29.2. The first-order valence-corrected chi connectivity index (χ1v) is 16.3. The van der Waals surface area contributed by atoms with Gasteiger partial charge >= 0.3 is 18.2 Å². The van der Waals surface area contributed by atoms with Crippen molar-refractivity contribution >= 4 is 35.7 Å². The van der Waals surface area contributed by atoms with Gasteiger partial charge in [-0.3, -0.25) is 19.4 Å². The van der Waals surface area contributed by atoms with E-state index in [1.165, 1.54) is 6.92 Å². The molecule has 0 saturated heterocycles. The van der Waals surface area contributed by atoms with E-state index >= 15 is 0 Å². The molecule has 0 unspecified atom stereocenters. The van der Waals surface area contributed by atoms with E-state index in [1.807, 2.05) is 62.4 Å². The first kappa shape index (κ1) is 44.6. The molecule has 0 spiro atoms. The fraction of sp³-hybridized carbons (Fsp3) is 0.471. The molecule has 0 aliphatic rings. The van der Waals surface area contributed by atoms with Crippen LogP contribution in [-0.4, -0.2) is 82.9 Å². The molecule has 0 aliphatic heterocycles. The summed E-state index contributed by atoms with van der Waals surface area (Å²) >= 11 is 0. The van der Waals surface area contributed by atoms with Gasteiger partial charge in [-0.05, 0) is 43.2 Å². The average Bonchev–Trinajstić information content (AvgIpc) is 3.07. The van der Waals surface area contributed by atoms with Crippen molar-refractivity contribution in [3.05, 3.63) is 71.8 Å². The molecule has 2 rings (SSSR count). The van der Waals surface area contributed by atoms with Crippen LogP contribution in [0.4, 0.5) is 18.0 Å². The summed E-state index contributed by atoms with van der Waals surface area (Å²) in [5.74, 6) is -4.27. The number of nitrogens with one attached hydrogen (secondary N) is 4. The van der Waals surface area contributed by atoms with Crippen LogP contribution in [-0.2, 0) is 37.1 Å². The van der Waals surface area contributed by atoms with Crippen LogP contribution in [0, 0.1) is 5.92 Å². The third-order valence-electron chi connectivity index (χ3n) is 7.01. The summed E-state index contributed by atoms with van der Waals surface area (Å²) in [6.07, 6.45) is -6.31. The number of alkyl carbamates (subject to hydrolysis) is 1. The highest BCUT2D eigenvalue weighted by Crippen LogP contribution is 2.14. The molecule has 288 valence electrons. The van der Waals surface area contributed by atoms with Gasteiger partial charge in [0, 0.05) is 13.1 Å². The van der Waals surface area contributed by atoms with E-state index in [9.17, 15) is 37.5 Å². The Bertz CT molecular complexity index is 1440. The van der Waals surface area contributed by atoms with Crippen molar-refractivity contribution in [3.8, 4) is 0 Å². The van der Waals surface area contributed by atoms with E-state index in [1.54, 1.807) is 12.1 Å². The first-order chi connectivity index (χ1) is 24.4. The summed E-state index contributed by atoms with van der Waals surface area (Å²) in [5, 5.41) is 28.7. The summed E-state index contributed by atoms with van der Waals surface area (Å²) in [7, 11) is 0. The minimum atomic E-state index is -5.08. The lowest BCUT2D eigenvalue weighted by molar-refractivity contribution is -0.192. The number of aliphatic imine (C=N–C) groups is 1. The van der Waals surface area contributed by atoms with Gasteiger partial charge in [0.2, 0.25) is 17.7 Å². The van der Waals surface area contributed by atoms with Gasteiger partial charge in [-0.1, -0.05) is 74.5 Å². The number of carboxylic acids is 1. The standard InChI is InChI=1S/C32H47N7O6.C2HF3O2/c1-21(2)17-26(27(40)18-28(41)36-19-23-11-6-4-7-12-23)38-29(42)22(3)37-30(43)25(15-10-16-35-31(33)34)39-32(44)45-20-24-13-8-5-9-14-24;3-2(4,5)1(6)7/h4-9,11-14,21-22,25-27,40H,10,15-20H2,1-3H3,(H,36,41)(H,37,43)(H,38,42)(H,39,44)(H4,33,34,35);(H,6,7)/t22-,25-,26-,27-;/m0./s1. The number of guanidine groups is 1. The molecule has 4 amide bonds. The molecule has 0 saturated carbocycles. The smallest absolute Gasteiger partial charge is 0.475 e. The van der Waals surface area contributed by atoms with E-state index in [4.69, 9.17) is 26.1 Å². The fourth-order valence-electron chi connectivity index (χ4n) is 4.39. The number of aliphatic hydroxyl groups excluding tert-OH is 1. The Kier molecular flexibility index (Phi) is 19.9. The number of amides is 4. The Morgan fingerprint density at radius 1 is 0.865 bits per heavy atom. The Morgan fingerprint density at radius 3 is 1.94 bits per heavy atom. The molecule has 15 nitrogen and oxygen atoms in total. The lowest BCUT2D eigenvalue weighted by atomic mass is 9.96. The largest absolute Gasteiger partial charge is 0.490 e. The number of carboxylic acid groups (broad SMARTS) is 1. The fourth-order valence-corrected chi connectivity index (χ4v) is 4.39. The molecule has 4 atom stereocenters. The highest BCUT2D eigenvalue weighted by molar-refractivity contribution is 5.91. The molecular weight excluding hydrogens is 691 g/mol. The zero-order chi connectivity index (χ0) is 39.3. The summed E-state index contributed by atoms with van der Waals surface area (Å²) in [5.41, 5.74) is 12.4. The minimum Gasteiger partial charge on any atom is -0.475 e. The van der Waals surface area contributed by atoms with Crippen LogP contribution in [0.2, 0.25) is 0 Å². The topological polar surface area (TPSA) is 248 Å². The van der Waals surface area contributed by atoms with Crippen molar-refractivity contribution in [3.63, 3.8) is 0 Å². The summed E-state index contributed by atoms with van der Waals surface area (Å²) < 4.78 is 37.0. The van der Waals surface area contributed by atoms with Crippen molar-refractivity contribution < 1.29 is 52.1 Å². The number of alkyl halides is 3. The van der Waals surface area contributed by atoms with E-state index < -0.39 is 54.3 Å². The number of halogens is 3. The van der Waals surface area contributed by atoms with Crippen LogP contribution in [0.3, 0.4) is 0 Å². The molecule has 0 heterocycles. The number of carbonyl (C=O) groups is 5. The number of hydrogen-bond donors (Lipinski definition) is 8. The van der Waals surface area contributed by atoms with E-state index in [0.29, 0.717) is 19.4 Å². The number of carbonyl (C=O) groups excluding carboxylic acids is 4. The van der Waals surface area contributed by atoms with Crippen LogP contribution in [0.25, 0.3) is 0 Å². The minimum absolute atomic E-state index is 0.0116. The lowest BCUT2D eigenvalue weighted by Crippen LogP contribution is -2.55. The average molecular weight is 740 g/mol. The van der Waals surface area contributed by atoms with Crippen molar-refractivity contribution in [1.29, 1.82) is 0 Å². The van der Waals surface area contributed by atoms with Crippen LogP contribution >= 0.6 is 0 Å². The molecule has 0 aliphatic carbocycles. The Labute approximate surface area is 299 Å². The van der Waals surface area contributed by atoms with Crippen LogP contribution in [0.15, 0.2) is 65.7 Å². The number of ether oxygens (including phenoxy) is 1. The summed E-state index contributed by atoms with van der Waals surface area (Å²) in [6, 6.07) is 15.7. The maximum Gasteiger partial charge on any atom is 0.490 e. The molecule has 10 N–H and O–H groups in total. The number of nitrogens with zero attached hydrogens (tertiary/aromatic N) is 1. The van der Waals surface area contributed by atoms with Crippen LogP contribution < -0.4 is 32.7 Å². The second-order valence-corrected chi connectivity index (χ2v) is 12.0. The molecule has 18 heteroatoms. The van der Waals surface area contributed by atoms with Crippen molar-refractivity contribution in [1.82, 2.24) is 21.3 Å². The van der Waals surface area contributed by atoms with Gasteiger partial charge in [0.25, 0.3) is 0 Å². The maximum absolute atomic E-state index is 13.2. The number of rotatable bonds is 18. The van der Waals surface area contributed by atoms with Crippen molar-refractivity contribution in [2.45, 2.75) is 90.0 Å². The van der Waals surface area contributed by atoms with Crippen LogP contribution in [0.1, 0.15) is 57.6 Å². The number of hydrogen-bond acceptors (Lipinski definition) is 8. The Hall–Kier alpha value is -5.39. The first-order valence-electron chi connectivity index (χ1n) is 16.3. The summed E-state index contributed by atoms with van der Waals surface area (Å²) in [4.78, 5) is 64.1. The number of aliphatic hydroxyl groups is 1. The Balaban J connectivity index is 0.00000174. The lowest BCUT2D eigenvalue weighted by Gasteiger charge is -2.27. The molecule has 0 fully saturated rings. The zero-order valence-electron chi connectivity index (χ0n) is 29.2. The van der Waals surface area contributed by atoms with Gasteiger partial charge < -0.3 is 47.7 Å². The quantitative estimate of drug-likeness (QED) is 0.0628. The highest BCUT2D eigenvalue weighted by Gasteiger charge is 2.38. The van der Waals surface area contributed by atoms with Gasteiger partial charge in [-0.2, -0.15) is 13.2 Å². The maximum atomic E-state index is 13.2. The molecule has 2 aromatic rings. The second kappa shape index (κ2) is 23.2. The monoisotopic (exact) mass is 739 g/mol. The predicted octanol–water partition coefficient (Wildman–Crippen LogP) is 2.07. The van der Waals surface area contributed by atoms with E-state index in [0.717, 1.165) is 11.1 Å². The number of aliphatic carboxylic acids is 1. The molecule has 0 radical (unpaired) electrons. The molecule has 0 aromatic heterocycles. The van der Waals surface area contributed by atoms with E-state index in [2.05, 4.69) is 26.3 Å². The van der Waals surface area contributed by atoms with Gasteiger partial charge in [-0.15, -0.1) is 0 Å². The third kappa shape index (κ3) is 19.7. The predicted molar refractivity (Wildman–Crippen MR) is 185 cm³/mol. The molecule has 52 heavy (non-hydrogen) atoms. The molecular formula is C34H48F3N7O8. The number of benzene rings is 2. The highest BCUT2D eigenvalue weighted by atomic mass is 19.4. The molecule has 2 aromatic carbocycles. The van der Waals surface area contributed by atoms with Crippen molar-refractivity contribution in [2.24, 2.45) is 22.4 Å². The number of nitrogens with two attached hydrogens (primary N) is 2. The normalized spacial score (nSPS) is 13.2. The van der Waals surface area contributed by atoms with Gasteiger partial charge in [-0.25, -0.2) is 9.59 Å². The van der Waals surface area contributed by atoms with Gasteiger partial charge in [0.1, 0.15) is 18.7 Å². The van der Waals surface area contributed by atoms with Crippen LogP contribution in [0.5, 0.6) is 0 Å². The van der Waals surface area contributed by atoms with E-state index in [-0.39, 0.29) is 43.8 Å². The van der Waals surface area contributed by atoms with Gasteiger partial charge in [0.05, 0.1) is 18.6 Å². The SMILES string of the molecule is CC(C)C[C@H](NC(=O)[C@H](C)NC(=O)[C@H](CCCN=C(N)N)NC(=O)OCc1ccccc1)[C@@H](O)CC(=O)NCc1ccccc1.O=C(O)C(F)(F)F. The second-order valence-electron chi connectivity index (χ2n) is 12.0. The summed E-state index contributed by atoms with van der Waals surface area (Å²) in [6.45, 7) is 5.92. The molecule has 0 bridgehead atoms. The Morgan fingerprint density at radius 2 is 1.42 bits per heavy atom. The third-order valence-corrected chi connectivity index (χ3v) is 7.01. The van der Waals surface area contributed by atoms with Crippen molar-refractivity contribution in [2.75, 3.05) is 6.54 Å².